The fourth-order valence-corrected chi connectivity index (χ4v) is 2.07. The second-order valence-corrected chi connectivity index (χ2v) is 4.85. The first-order valence-corrected chi connectivity index (χ1v) is 6.40. The highest BCUT2D eigenvalue weighted by molar-refractivity contribution is 5.83. The van der Waals surface area contributed by atoms with Crippen molar-refractivity contribution in [3.8, 4) is 0 Å². The fraction of sp³-hybridized carbons (Fsp3) is 0.267. The molecular weight excluding hydrogens is 278 g/mol. The Morgan fingerprint density at radius 2 is 1.95 bits per heavy atom. The van der Waals surface area contributed by atoms with Gasteiger partial charge in [-0.3, -0.25) is 9.69 Å². The van der Waals surface area contributed by atoms with Crippen LogP contribution in [0.25, 0.3) is 0 Å². The highest BCUT2D eigenvalue weighted by atomic mass is 19.1. The van der Waals surface area contributed by atoms with E-state index >= 15 is 0 Å². The average Bonchev–Trinajstić information content (AvgIpc) is 2.93. The number of furan rings is 1. The first-order chi connectivity index (χ1) is 10.0. The molecule has 0 saturated carbocycles. The van der Waals surface area contributed by atoms with Crippen molar-refractivity contribution in [3.63, 3.8) is 0 Å². The normalized spacial score (nSPS) is 12.4. The van der Waals surface area contributed by atoms with Crippen molar-refractivity contribution in [1.82, 2.24) is 10.2 Å². The van der Waals surface area contributed by atoms with E-state index < -0.39 is 23.6 Å². The van der Waals surface area contributed by atoms with Gasteiger partial charge in [-0.15, -0.1) is 0 Å². The molecule has 6 heteroatoms. The number of nitrogens with zero attached hydrogens (tertiary/aromatic N) is 1. The van der Waals surface area contributed by atoms with Gasteiger partial charge in [0, 0.05) is 12.1 Å². The second-order valence-electron chi connectivity index (χ2n) is 4.85. The van der Waals surface area contributed by atoms with Crippen LogP contribution in [0.5, 0.6) is 0 Å². The lowest BCUT2D eigenvalue weighted by molar-refractivity contribution is -0.126. The Balaban J connectivity index is 2.20. The zero-order valence-electron chi connectivity index (χ0n) is 11.8. The molecule has 0 aliphatic carbocycles. The van der Waals surface area contributed by atoms with Gasteiger partial charge in [0.05, 0.1) is 18.1 Å². The molecule has 0 bridgehead atoms. The Morgan fingerprint density at radius 1 is 1.29 bits per heavy atom. The summed E-state index contributed by atoms with van der Waals surface area (Å²) in [6.07, 6.45) is 2.98. The zero-order valence-corrected chi connectivity index (χ0v) is 11.8. The lowest BCUT2D eigenvalue weighted by Crippen LogP contribution is -2.37. The maximum atomic E-state index is 13.9. The van der Waals surface area contributed by atoms with Crippen LogP contribution in [-0.4, -0.2) is 24.9 Å². The standard InChI is InChI=1S/C15H16F2N2O2/c1-19(2)14(13-11(16)4-3-5-12(13)17)15(20)18-8-10-6-7-21-9-10/h3-7,9,14H,8H2,1-2H3,(H,18,20)/t14-/m1/s1. The summed E-state index contributed by atoms with van der Waals surface area (Å²) in [6, 6.07) is 4.20. The summed E-state index contributed by atoms with van der Waals surface area (Å²) in [5.74, 6) is -1.97. The molecule has 0 saturated heterocycles. The molecule has 1 N–H and O–H groups in total. The van der Waals surface area contributed by atoms with Crippen LogP contribution in [0.2, 0.25) is 0 Å². The quantitative estimate of drug-likeness (QED) is 0.921. The minimum Gasteiger partial charge on any atom is -0.472 e. The lowest BCUT2D eigenvalue weighted by Gasteiger charge is -2.24. The van der Waals surface area contributed by atoms with Crippen LogP contribution in [0.4, 0.5) is 8.78 Å². The van der Waals surface area contributed by atoms with Crippen molar-refractivity contribution in [3.05, 3.63) is 59.6 Å². The SMILES string of the molecule is CN(C)[C@@H](C(=O)NCc1ccoc1)c1c(F)cccc1F. The molecule has 0 fully saturated rings. The number of likely N-dealkylation sites (N-methyl/N-ethyl adjacent to an activating group) is 1. The Hall–Kier alpha value is -2.21. The van der Waals surface area contributed by atoms with Crippen molar-refractivity contribution in [2.45, 2.75) is 12.6 Å². The largest absolute Gasteiger partial charge is 0.472 e. The number of benzene rings is 1. The smallest absolute Gasteiger partial charge is 0.242 e. The second kappa shape index (κ2) is 6.49. The third-order valence-electron chi connectivity index (χ3n) is 3.08. The van der Waals surface area contributed by atoms with Crippen molar-refractivity contribution in [2.24, 2.45) is 0 Å². The van der Waals surface area contributed by atoms with E-state index in [1.807, 2.05) is 0 Å². The van der Waals surface area contributed by atoms with Crippen LogP contribution < -0.4 is 5.32 Å². The molecule has 0 unspecified atom stereocenters. The molecule has 1 heterocycles. The van der Waals surface area contributed by atoms with Crippen molar-refractivity contribution in [2.75, 3.05) is 14.1 Å². The lowest BCUT2D eigenvalue weighted by atomic mass is 10.0. The molecular formula is C15H16F2N2O2. The fourth-order valence-electron chi connectivity index (χ4n) is 2.07. The molecule has 0 aliphatic heterocycles. The third kappa shape index (κ3) is 3.46. The highest BCUT2D eigenvalue weighted by Gasteiger charge is 2.28. The van der Waals surface area contributed by atoms with E-state index in [2.05, 4.69) is 5.32 Å². The van der Waals surface area contributed by atoms with Gasteiger partial charge in [0.25, 0.3) is 0 Å². The van der Waals surface area contributed by atoms with Gasteiger partial charge in [-0.2, -0.15) is 0 Å². The van der Waals surface area contributed by atoms with Crippen LogP contribution in [0.3, 0.4) is 0 Å². The number of carbonyl (C=O) groups is 1. The van der Waals surface area contributed by atoms with Crippen LogP contribution >= 0.6 is 0 Å². The Bertz CT molecular complexity index is 592. The molecule has 2 aromatic rings. The minimum absolute atomic E-state index is 0.232. The molecule has 1 aromatic heterocycles. The first kappa shape index (κ1) is 15.2. The van der Waals surface area contributed by atoms with Crippen LogP contribution in [0.1, 0.15) is 17.2 Å². The van der Waals surface area contributed by atoms with Crippen LogP contribution in [0.15, 0.2) is 41.2 Å². The molecule has 1 atom stereocenters. The molecule has 0 radical (unpaired) electrons. The summed E-state index contributed by atoms with van der Waals surface area (Å²) in [6.45, 7) is 0.232. The monoisotopic (exact) mass is 294 g/mol. The van der Waals surface area contributed by atoms with Gasteiger partial charge in [-0.25, -0.2) is 8.78 Å². The Morgan fingerprint density at radius 3 is 2.48 bits per heavy atom. The summed E-state index contributed by atoms with van der Waals surface area (Å²) >= 11 is 0. The highest BCUT2D eigenvalue weighted by Crippen LogP contribution is 2.24. The Kier molecular flexibility index (Phi) is 4.70. The van der Waals surface area contributed by atoms with E-state index in [0.717, 1.165) is 17.7 Å². The molecule has 4 nitrogen and oxygen atoms in total. The Labute approximate surface area is 121 Å². The first-order valence-electron chi connectivity index (χ1n) is 6.40. The topological polar surface area (TPSA) is 45.5 Å². The van der Waals surface area contributed by atoms with E-state index in [-0.39, 0.29) is 12.1 Å². The van der Waals surface area contributed by atoms with E-state index in [4.69, 9.17) is 4.42 Å². The van der Waals surface area contributed by atoms with E-state index in [0.29, 0.717) is 0 Å². The van der Waals surface area contributed by atoms with Gasteiger partial charge in [0.2, 0.25) is 5.91 Å². The average molecular weight is 294 g/mol. The number of nitrogens with one attached hydrogen (secondary N) is 1. The molecule has 0 aliphatic rings. The molecule has 1 aromatic carbocycles. The minimum atomic E-state index is -1.04. The number of carbonyl (C=O) groups excluding carboxylic acids is 1. The molecule has 112 valence electrons. The maximum Gasteiger partial charge on any atom is 0.242 e. The number of rotatable bonds is 5. The summed E-state index contributed by atoms with van der Waals surface area (Å²) in [5.41, 5.74) is 0.516. The van der Waals surface area contributed by atoms with Gasteiger partial charge >= 0.3 is 0 Å². The predicted octanol–water partition coefficient (Wildman–Crippen LogP) is 2.48. The van der Waals surface area contributed by atoms with Gasteiger partial charge in [-0.05, 0) is 32.3 Å². The summed E-state index contributed by atoms with van der Waals surface area (Å²) in [4.78, 5) is 13.7. The summed E-state index contributed by atoms with van der Waals surface area (Å²) in [7, 11) is 3.18. The van der Waals surface area contributed by atoms with Gasteiger partial charge in [-0.1, -0.05) is 6.07 Å². The molecule has 1 amide bonds. The van der Waals surface area contributed by atoms with Gasteiger partial charge in [0.15, 0.2) is 0 Å². The van der Waals surface area contributed by atoms with Crippen molar-refractivity contribution in [1.29, 1.82) is 0 Å². The van der Waals surface area contributed by atoms with Crippen LogP contribution in [-0.2, 0) is 11.3 Å². The molecule has 21 heavy (non-hydrogen) atoms. The van der Waals surface area contributed by atoms with Crippen molar-refractivity contribution < 1.29 is 18.0 Å². The van der Waals surface area contributed by atoms with E-state index in [9.17, 15) is 13.6 Å². The number of hydrogen-bond donors (Lipinski definition) is 1. The van der Waals surface area contributed by atoms with Gasteiger partial charge in [0.1, 0.15) is 17.7 Å². The van der Waals surface area contributed by atoms with E-state index in [1.165, 1.54) is 23.5 Å². The number of halogens is 2. The maximum absolute atomic E-state index is 13.9. The number of amides is 1. The van der Waals surface area contributed by atoms with Crippen LogP contribution in [0, 0.1) is 11.6 Å². The zero-order chi connectivity index (χ0) is 15.4. The summed E-state index contributed by atoms with van der Waals surface area (Å²) < 4.78 is 32.6. The predicted molar refractivity (Wildman–Crippen MR) is 73.3 cm³/mol. The van der Waals surface area contributed by atoms with Gasteiger partial charge < -0.3 is 9.73 Å². The molecule has 0 spiro atoms. The van der Waals surface area contributed by atoms with Crippen molar-refractivity contribution >= 4 is 5.91 Å². The van der Waals surface area contributed by atoms with E-state index in [1.54, 1.807) is 20.2 Å². The summed E-state index contributed by atoms with van der Waals surface area (Å²) in [5, 5.41) is 2.65. The number of hydrogen-bond acceptors (Lipinski definition) is 3. The third-order valence-corrected chi connectivity index (χ3v) is 3.08. The molecule has 2 rings (SSSR count).